The fraction of sp³-hybridized carbons (Fsp3) is 0.500. The maximum Gasteiger partial charge on any atom is 0.125 e. The molecule has 2 N–H and O–H groups in total. The van der Waals surface area contributed by atoms with E-state index in [-0.39, 0.29) is 0 Å². The van der Waals surface area contributed by atoms with Gasteiger partial charge >= 0.3 is 0 Å². The molecule has 90 valence electrons. The van der Waals surface area contributed by atoms with E-state index in [9.17, 15) is 5.11 Å². The summed E-state index contributed by atoms with van der Waals surface area (Å²) >= 11 is 6.17. The van der Waals surface area contributed by atoms with Crippen molar-refractivity contribution < 1.29 is 9.84 Å². The highest BCUT2D eigenvalue weighted by Crippen LogP contribution is 2.35. The van der Waals surface area contributed by atoms with Crippen LogP contribution in [0.4, 0.5) is 0 Å². The molecule has 0 spiro atoms. The van der Waals surface area contributed by atoms with Gasteiger partial charge in [-0.15, -0.1) is 0 Å². The Kier molecular flexibility index (Phi) is 4.59. The number of ether oxygens (including phenoxy) is 1. The van der Waals surface area contributed by atoms with Gasteiger partial charge in [-0.2, -0.15) is 0 Å². The van der Waals surface area contributed by atoms with Crippen LogP contribution in [0.3, 0.4) is 0 Å². The predicted molar refractivity (Wildman–Crippen MR) is 66.4 cm³/mol. The molecule has 0 saturated carbocycles. The van der Waals surface area contributed by atoms with Gasteiger partial charge in [0.2, 0.25) is 0 Å². The third-order valence-electron chi connectivity index (χ3n) is 2.64. The van der Waals surface area contributed by atoms with Crippen molar-refractivity contribution in [3.05, 3.63) is 27.8 Å². The number of aryl methyl sites for hydroxylation is 1. The number of aliphatic hydroxyl groups excluding tert-OH is 1. The Morgan fingerprint density at radius 1 is 1.50 bits per heavy atom. The minimum absolute atomic E-state index is 0.469. The van der Waals surface area contributed by atoms with Crippen LogP contribution < -0.4 is 10.1 Å². The number of aliphatic hydroxyl groups is 1. The molecule has 16 heavy (non-hydrogen) atoms. The van der Waals surface area contributed by atoms with Crippen LogP contribution in [0, 0.1) is 13.8 Å². The second-order valence-corrected chi connectivity index (χ2v) is 4.20. The van der Waals surface area contributed by atoms with Crippen molar-refractivity contribution in [1.82, 2.24) is 5.32 Å². The van der Waals surface area contributed by atoms with E-state index in [0.717, 1.165) is 16.7 Å². The lowest BCUT2D eigenvalue weighted by molar-refractivity contribution is 0.172. The molecule has 0 radical (unpaired) electrons. The molecule has 0 aliphatic carbocycles. The normalized spacial score (nSPS) is 12.6. The molecule has 3 nitrogen and oxygen atoms in total. The molecule has 1 rings (SSSR count). The van der Waals surface area contributed by atoms with E-state index in [1.807, 2.05) is 19.9 Å². The van der Waals surface area contributed by atoms with Crippen molar-refractivity contribution in [2.75, 3.05) is 20.7 Å². The number of hydrogen-bond donors (Lipinski definition) is 2. The summed E-state index contributed by atoms with van der Waals surface area (Å²) in [5.74, 6) is 0.683. The van der Waals surface area contributed by atoms with Gasteiger partial charge in [-0.3, -0.25) is 0 Å². The molecule has 0 fully saturated rings. The number of hydrogen-bond acceptors (Lipinski definition) is 3. The Morgan fingerprint density at radius 2 is 2.12 bits per heavy atom. The summed E-state index contributed by atoms with van der Waals surface area (Å²) in [4.78, 5) is 0. The van der Waals surface area contributed by atoms with Gasteiger partial charge in [-0.05, 0) is 38.1 Å². The quantitative estimate of drug-likeness (QED) is 0.852. The number of nitrogens with one attached hydrogen (secondary N) is 1. The van der Waals surface area contributed by atoms with Crippen LogP contribution in [-0.2, 0) is 0 Å². The van der Waals surface area contributed by atoms with E-state index in [2.05, 4.69) is 5.32 Å². The molecular weight excluding hydrogens is 226 g/mol. The fourth-order valence-corrected chi connectivity index (χ4v) is 1.97. The summed E-state index contributed by atoms with van der Waals surface area (Å²) in [5.41, 5.74) is 2.59. The number of rotatable bonds is 4. The largest absolute Gasteiger partial charge is 0.496 e. The van der Waals surface area contributed by atoms with E-state index in [1.165, 1.54) is 0 Å². The number of benzene rings is 1. The molecule has 1 aromatic rings. The highest BCUT2D eigenvalue weighted by atomic mass is 35.5. The van der Waals surface area contributed by atoms with E-state index in [0.29, 0.717) is 17.3 Å². The predicted octanol–water partition coefficient (Wildman–Crippen LogP) is 2.22. The van der Waals surface area contributed by atoms with Gasteiger partial charge in [0.1, 0.15) is 5.75 Å². The van der Waals surface area contributed by atoms with Crippen LogP contribution in [0.25, 0.3) is 0 Å². The van der Waals surface area contributed by atoms with Gasteiger partial charge in [0.05, 0.1) is 13.2 Å². The molecular formula is C12H18ClNO2. The van der Waals surface area contributed by atoms with E-state index in [1.54, 1.807) is 14.2 Å². The number of methoxy groups -OCH3 is 1. The minimum atomic E-state index is -0.613. The molecule has 0 amide bonds. The highest BCUT2D eigenvalue weighted by molar-refractivity contribution is 6.32. The molecule has 0 saturated heterocycles. The van der Waals surface area contributed by atoms with Gasteiger partial charge in [-0.25, -0.2) is 0 Å². The molecule has 4 heteroatoms. The maximum atomic E-state index is 10.0. The average molecular weight is 244 g/mol. The molecule has 1 aromatic carbocycles. The zero-order valence-electron chi connectivity index (χ0n) is 10.1. The topological polar surface area (TPSA) is 41.5 Å². The zero-order chi connectivity index (χ0) is 12.3. The Balaban J connectivity index is 3.29. The van der Waals surface area contributed by atoms with E-state index in [4.69, 9.17) is 16.3 Å². The van der Waals surface area contributed by atoms with Crippen molar-refractivity contribution in [2.45, 2.75) is 20.0 Å². The van der Waals surface area contributed by atoms with Gasteiger partial charge in [-0.1, -0.05) is 11.6 Å². The second kappa shape index (κ2) is 5.53. The first-order chi connectivity index (χ1) is 7.52. The van der Waals surface area contributed by atoms with Crippen LogP contribution in [0.5, 0.6) is 5.75 Å². The Morgan fingerprint density at radius 3 is 2.62 bits per heavy atom. The van der Waals surface area contributed by atoms with Gasteiger partial charge in [0.15, 0.2) is 0 Å². The highest BCUT2D eigenvalue weighted by Gasteiger charge is 2.18. The van der Waals surface area contributed by atoms with Crippen LogP contribution >= 0.6 is 11.6 Å². The molecule has 1 atom stereocenters. The van der Waals surface area contributed by atoms with Gasteiger partial charge in [0, 0.05) is 17.1 Å². The third kappa shape index (κ3) is 2.48. The summed E-state index contributed by atoms with van der Waals surface area (Å²) in [6.45, 7) is 4.29. The lowest BCUT2D eigenvalue weighted by atomic mass is 9.99. The smallest absolute Gasteiger partial charge is 0.125 e. The lowest BCUT2D eigenvalue weighted by Gasteiger charge is -2.19. The van der Waals surface area contributed by atoms with Crippen LogP contribution in [0.15, 0.2) is 6.07 Å². The van der Waals surface area contributed by atoms with E-state index < -0.39 is 6.10 Å². The lowest BCUT2D eigenvalue weighted by Crippen LogP contribution is -2.18. The molecule has 0 aliphatic rings. The van der Waals surface area contributed by atoms with Gasteiger partial charge in [0.25, 0.3) is 0 Å². The molecule has 0 aromatic heterocycles. The SMILES string of the molecule is CNCC(O)c1c(OC)cc(C)c(Cl)c1C. The molecule has 1 unspecified atom stereocenters. The van der Waals surface area contributed by atoms with Crippen molar-refractivity contribution in [1.29, 1.82) is 0 Å². The Labute approximate surface area is 101 Å². The van der Waals surface area contributed by atoms with Crippen molar-refractivity contribution in [3.8, 4) is 5.75 Å². The summed E-state index contributed by atoms with van der Waals surface area (Å²) in [6, 6.07) is 1.85. The number of halogens is 1. The maximum absolute atomic E-state index is 10.0. The average Bonchev–Trinajstić information content (AvgIpc) is 2.25. The standard InChI is InChI=1S/C12H18ClNO2/c1-7-5-10(16-4)11(8(2)12(7)13)9(15)6-14-3/h5,9,14-15H,6H2,1-4H3. The number of likely N-dealkylation sites (N-methyl/N-ethyl adjacent to an activating group) is 1. The van der Waals surface area contributed by atoms with Crippen molar-refractivity contribution >= 4 is 11.6 Å². The van der Waals surface area contributed by atoms with Crippen LogP contribution in [-0.4, -0.2) is 25.8 Å². The zero-order valence-corrected chi connectivity index (χ0v) is 10.9. The van der Waals surface area contributed by atoms with E-state index >= 15 is 0 Å². The van der Waals surface area contributed by atoms with Crippen molar-refractivity contribution in [2.24, 2.45) is 0 Å². The monoisotopic (exact) mass is 243 g/mol. The van der Waals surface area contributed by atoms with Crippen LogP contribution in [0.2, 0.25) is 5.02 Å². The minimum Gasteiger partial charge on any atom is -0.496 e. The Hall–Kier alpha value is -0.770. The Bertz CT molecular complexity index is 380. The molecule has 0 heterocycles. The second-order valence-electron chi connectivity index (χ2n) is 3.82. The summed E-state index contributed by atoms with van der Waals surface area (Å²) in [5, 5.41) is 13.6. The van der Waals surface area contributed by atoms with Crippen molar-refractivity contribution in [3.63, 3.8) is 0 Å². The molecule has 0 aliphatic heterocycles. The first-order valence-electron chi connectivity index (χ1n) is 5.19. The first kappa shape index (κ1) is 13.3. The summed E-state index contributed by atoms with van der Waals surface area (Å²) in [6.07, 6.45) is -0.613. The first-order valence-corrected chi connectivity index (χ1v) is 5.57. The summed E-state index contributed by atoms with van der Waals surface area (Å²) in [7, 11) is 3.39. The fourth-order valence-electron chi connectivity index (χ4n) is 1.81. The van der Waals surface area contributed by atoms with Crippen LogP contribution in [0.1, 0.15) is 22.8 Å². The summed E-state index contributed by atoms with van der Waals surface area (Å²) < 4.78 is 5.28. The van der Waals surface area contributed by atoms with Gasteiger partial charge < -0.3 is 15.2 Å². The third-order valence-corrected chi connectivity index (χ3v) is 3.22. The molecule has 0 bridgehead atoms.